The van der Waals surface area contributed by atoms with Crippen molar-refractivity contribution in [2.24, 2.45) is 17.6 Å². The minimum Gasteiger partial charge on any atom is -0.477 e. The fourth-order valence-corrected chi connectivity index (χ4v) is 2.49. The van der Waals surface area contributed by atoms with Crippen LogP contribution in [-0.2, 0) is 6.18 Å². The fourth-order valence-electron chi connectivity index (χ4n) is 2.49. The highest BCUT2D eigenvalue weighted by atomic mass is 19.4. The molecule has 6 heteroatoms. The molecule has 1 aliphatic rings. The average Bonchev–Trinajstić information content (AvgIpc) is 2.83. The summed E-state index contributed by atoms with van der Waals surface area (Å²) in [6.45, 7) is 0.986. The summed E-state index contributed by atoms with van der Waals surface area (Å²) >= 11 is 0. The molecule has 1 saturated carbocycles. The van der Waals surface area contributed by atoms with Gasteiger partial charge in [-0.2, -0.15) is 13.2 Å². The summed E-state index contributed by atoms with van der Waals surface area (Å²) in [4.78, 5) is 3.48. The molecular formula is C13H17F3N2O. The Balaban J connectivity index is 1.96. The molecule has 0 aromatic carbocycles. The number of hydrogen-bond donors (Lipinski definition) is 1. The van der Waals surface area contributed by atoms with Gasteiger partial charge in [-0.25, -0.2) is 4.98 Å². The Labute approximate surface area is 110 Å². The lowest BCUT2D eigenvalue weighted by Crippen LogP contribution is -2.23. The number of hydrogen-bond acceptors (Lipinski definition) is 3. The van der Waals surface area contributed by atoms with Gasteiger partial charge in [-0.3, -0.25) is 0 Å². The standard InChI is InChI=1S/C13H17F3N2O/c14-13(15,16)11-5-2-6-12(18-11)19-8-10-4-1-3-9(10)7-17/h2,5-6,9-10H,1,3-4,7-8,17H2. The molecule has 0 amide bonds. The topological polar surface area (TPSA) is 48.1 Å². The third kappa shape index (κ3) is 3.59. The lowest BCUT2D eigenvalue weighted by molar-refractivity contribution is -0.141. The van der Waals surface area contributed by atoms with E-state index in [0.717, 1.165) is 25.3 Å². The molecule has 0 bridgehead atoms. The van der Waals surface area contributed by atoms with E-state index in [4.69, 9.17) is 10.5 Å². The van der Waals surface area contributed by atoms with Crippen LogP contribution in [-0.4, -0.2) is 18.1 Å². The number of aromatic nitrogens is 1. The maximum absolute atomic E-state index is 12.5. The van der Waals surface area contributed by atoms with Gasteiger partial charge < -0.3 is 10.5 Å². The predicted octanol–water partition coefficient (Wildman–Crippen LogP) is 2.85. The second kappa shape index (κ2) is 5.77. The van der Waals surface area contributed by atoms with Gasteiger partial charge in [0.15, 0.2) is 0 Å². The molecule has 2 N–H and O–H groups in total. The summed E-state index contributed by atoms with van der Waals surface area (Å²) in [7, 11) is 0. The monoisotopic (exact) mass is 274 g/mol. The molecule has 2 unspecified atom stereocenters. The van der Waals surface area contributed by atoms with E-state index in [9.17, 15) is 13.2 Å². The smallest absolute Gasteiger partial charge is 0.433 e. The third-order valence-corrected chi connectivity index (χ3v) is 3.58. The van der Waals surface area contributed by atoms with E-state index in [-0.39, 0.29) is 5.88 Å². The fraction of sp³-hybridized carbons (Fsp3) is 0.615. The van der Waals surface area contributed by atoms with Crippen molar-refractivity contribution >= 4 is 0 Å². The molecule has 2 rings (SSSR count). The first kappa shape index (κ1) is 14.1. The number of nitrogens with two attached hydrogens (primary N) is 1. The summed E-state index contributed by atoms with van der Waals surface area (Å²) in [5, 5.41) is 0. The van der Waals surface area contributed by atoms with Crippen molar-refractivity contribution in [3.05, 3.63) is 23.9 Å². The molecule has 0 saturated heterocycles. The zero-order valence-corrected chi connectivity index (χ0v) is 10.5. The Hall–Kier alpha value is -1.30. The van der Waals surface area contributed by atoms with Gasteiger partial charge in [0.2, 0.25) is 5.88 Å². The van der Waals surface area contributed by atoms with Crippen molar-refractivity contribution in [2.75, 3.05) is 13.2 Å². The van der Waals surface area contributed by atoms with E-state index in [1.54, 1.807) is 0 Å². The molecule has 1 aliphatic carbocycles. The van der Waals surface area contributed by atoms with Crippen molar-refractivity contribution in [1.82, 2.24) is 4.98 Å². The average molecular weight is 274 g/mol. The van der Waals surface area contributed by atoms with Crippen LogP contribution in [0, 0.1) is 11.8 Å². The number of alkyl halides is 3. The van der Waals surface area contributed by atoms with Gasteiger partial charge in [0, 0.05) is 6.07 Å². The van der Waals surface area contributed by atoms with Crippen molar-refractivity contribution in [1.29, 1.82) is 0 Å². The SMILES string of the molecule is NCC1CCCC1COc1cccc(C(F)(F)F)n1. The summed E-state index contributed by atoms with van der Waals surface area (Å²) in [5.74, 6) is 0.754. The first-order valence-corrected chi connectivity index (χ1v) is 6.38. The van der Waals surface area contributed by atoms with E-state index in [2.05, 4.69) is 4.98 Å². The minimum absolute atomic E-state index is 0.0255. The zero-order chi connectivity index (χ0) is 13.9. The van der Waals surface area contributed by atoms with Crippen LogP contribution < -0.4 is 10.5 Å². The third-order valence-electron chi connectivity index (χ3n) is 3.58. The number of nitrogens with zero attached hydrogens (tertiary/aromatic N) is 1. The maximum Gasteiger partial charge on any atom is 0.433 e. The van der Waals surface area contributed by atoms with Crippen LogP contribution in [0.2, 0.25) is 0 Å². The Morgan fingerprint density at radius 1 is 1.26 bits per heavy atom. The van der Waals surface area contributed by atoms with E-state index in [0.29, 0.717) is 25.0 Å². The molecule has 19 heavy (non-hydrogen) atoms. The zero-order valence-electron chi connectivity index (χ0n) is 10.5. The maximum atomic E-state index is 12.5. The van der Waals surface area contributed by atoms with Crippen LogP contribution >= 0.6 is 0 Å². The van der Waals surface area contributed by atoms with Crippen LogP contribution in [0.5, 0.6) is 5.88 Å². The Morgan fingerprint density at radius 2 is 2.00 bits per heavy atom. The second-order valence-corrected chi connectivity index (χ2v) is 4.86. The van der Waals surface area contributed by atoms with Gasteiger partial charge in [-0.15, -0.1) is 0 Å². The first-order valence-electron chi connectivity index (χ1n) is 6.38. The summed E-state index contributed by atoms with van der Waals surface area (Å²) in [6.07, 6.45) is -1.25. The molecule has 0 aliphatic heterocycles. The molecule has 0 radical (unpaired) electrons. The highest BCUT2D eigenvalue weighted by Crippen LogP contribution is 2.32. The van der Waals surface area contributed by atoms with Gasteiger partial charge in [-0.1, -0.05) is 12.5 Å². The van der Waals surface area contributed by atoms with Gasteiger partial charge in [-0.05, 0) is 37.3 Å². The van der Waals surface area contributed by atoms with E-state index >= 15 is 0 Å². The van der Waals surface area contributed by atoms with Gasteiger partial charge in [0.05, 0.1) is 6.61 Å². The van der Waals surface area contributed by atoms with E-state index in [1.807, 2.05) is 0 Å². The summed E-state index contributed by atoms with van der Waals surface area (Å²) < 4.78 is 42.9. The lowest BCUT2D eigenvalue weighted by atomic mass is 9.97. The van der Waals surface area contributed by atoms with Crippen LogP contribution in [0.3, 0.4) is 0 Å². The van der Waals surface area contributed by atoms with Crippen molar-refractivity contribution in [3.63, 3.8) is 0 Å². The van der Waals surface area contributed by atoms with Crippen molar-refractivity contribution < 1.29 is 17.9 Å². The number of pyridine rings is 1. The van der Waals surface area contributed by atoms with E-state index < -0.39 is 11.9 Å². The van der Waals surface area contributed by atoms with Gasteiger partial charge in [0.25, 0.3) is 0 Å². The molecule has 1 aromatic heterocycles. The predicted molar refractivity (Wildman–Crippen MR) is 64.6 cm³/mol. The number of rotatable bonds is 4. The largest absolute Gasteiger partial charge is 0.477 e. The molecule has 1 fully saturated rings. The quantitative estimate of drug-likeness (QED) is 0.918. The van der Waals surface area contributed by atoms with Crippen LogP contribution in [0.4, 0.5) is 13.2 Å². The number of ether oxygens (including phenoxy) is 1. The van der Waals surface area contributed by atoms with Crippen LogP contribution in [0.1, 0.15) is 25.0 Å². The molecule has 0 spiro atoms. The second-order valence-electron chi connectivity index (χ2n) is 4.86. The lowest BCUT2D eigenvalue weighted by Gasteiger charge is -2.18. The Kier molecular flexibility index (Phi) is 4.29. The summed E-state index contributed by atoms with van der Waals surface area (Å²) in [5.41, 5.74) is 4.73. The highest BCUT2D eigenvalue weighted by molar-refractivity contribution is 5.17. The van der Waals surface area contributed by atoms with Crippen LogP contribution in [0.15, 0.2) is 18.2 Å². The van der Waals surface area contributed by atoms with Crippen molar-refractivity contribution in [2.45, 2.75) is 25.4 Å². The molecule has 2 atom stereocenters. The number of halogens is 3. The van der Waals surface area contributed by atoms with Crippen molar-refractivity contribution in [3.8, 4) is 5.88 Å². The van der Waals surface area contributed by atoms with Crippen LogP contribution in [0.25, 0.3) is 0 Å². The normalized spacial score (nSPS) is 23.6. The molecular weight excluding hydrogens is 257 g/mol. The first-order chi connectivity index (χ1) is 9.00. The molecule has 1 aromatic rings. The Morgan fingerprint density at radius 3 is 2.68 bits per heavy atom. The molecule has 1 heterocycles. The summed E-state index contributed by atoms with van der Waals surface area (Å²) in [6, 6.07) is 3.69. The molecule has 106 valence electrons. The van der Waals surface area contributed by atoms with E-state index in [1.165, 1.54) is 12.1 Å². The van der Waals surface area contributed by atoms with Gasteiger partial charge in [0.1, 0.15) is 5.69 Å². The Bertz CT molecular complexity index is 423. The molecule has 3 nitrogen and oxygen atoms in total. The minimum atomic E-state index is -4.44. The highest BCUT2D eigenvalue weighted by Gasteiger charge is 2.33. The van der Waals surface area contributed by atoms with Gasteiger partial charge >= 0.3 is 6.18 Å².